The molecule has 154 valence electrons. The Bertz CT molecular complexity index is 1030. The van der Waals surface area contributed by atoms with E-state index in [0.717, 1.165) is 35.7 Å². The van der Waals surface area contributed by atoms with E-state index in [-0.39, 0.29) is 23.8 Å². The predicted molar refractivity (Wildman–Crippen MR) is 117 cm³/mol. The molecule has 3 aromatic rings. The van der Waals surface area contributed by atoms with Crippen LogP contribution in [0.15, 0.2) is 47.2 Å². The maximum atomic E-state index is 12.9. The summed E-state index contributed by atoms with van der Waals surface area (Å²) >= 11 is 1.57. The number of thiophene rings is 1. The third-order valence-electron chi connectivity index (χ3n) is 5.69. The molecule has 4 rings (SSSR count). The van der Waals surface area contributed by atoms with Gasteiger partial charge in [-0.15, -0.1) is 0 Å². The fourth-order valence-electron chi connectivity index (χ4n) is 4.11. The Balaban J connectivity index is 1.42. The molecular weight excluding hydrogens is 396 g/mol. The van der Waals surface area contributed by atoms with Crippen LogP contribution >= 0.6 is 11.3 Å². The zero-order valence-electron chi connectivity index (χ0n) is 16.6. The van der Waals surface area contributed by atoms with E-state index >= 15 is 0 Å². The van der Waals surface area contributed by atoms with Gasteiger partial charge in [-0.05, 0) is 47.4 Å². The average molecular weight is 421 g/mol. The molecular formula is C23H24N4O2S. The summed E-state index contributed by atoms with van der Waals surface area (Å²) in [7, 11) is 0. The first kappa shape index (κ1) is 20.2. The fourth-order valence-corrected chi connectivity index (χ4v) is 4.79. The van der Waals surface area contributed by atoms with E-state index in [4.69, 9.17) is 0 Å². The van der Waals surface area contributed by atoms with Crippen molar-refractivity contribution in [2.45, 2.75) is 44.2 Å². The highest BCUT2D eigenvalue weighted by atomic mass is 32.1. The summed E-state index contributed by atoms with van der Waals surface area (Å²) in [5.41, 5.74) is 2.44. The quantitative estimate of drug-likeness (QED) is 0.566. The number of aromatic amines is 1. The van der Waals surface area contributed by atoms with Gasteiger partial charge in [0.05, 0.1) is 12.0 Å². The summed E-state index contributed by atoms with van der Waals surface area (Å²) in [4.78, 5) is 28.9. The predicted octanol–water partition coefficient (Wildman–Crippen LogP) is 3.77. The Morgan fingerprint density at radius 3 is 2.83 bits per heavy atom. The summed E-state index contributed by atoms with van der Waals surface area (Å²) in [6.45, 7) is 0. The minimum absolute atomic E-state index is 0.154. The third kappa shape index (κ3) is 4.55. The number of aromatic nitrogens is 1. The van der Waals surface area contributed by atoms with E-state index in [1.54, 1.807) is 11.3 Å². The number of hydrogen-bond acceptors (Lipinski definition) is 4. The molecule has 0 bridgehead atoms. The molecule has 30 heavy (non-hydrogen) atoms. The van der Waals surface area contributed by atoms with Gasteiger partial charge >= 0.3 is 0 Å². The van der Waals surface area contributed by atoms with Gasteiger partial charge in [0, 0.05) is 23.4 Å². The second-order valence-electron chi connectivity index (χ2n) is 7.77. The van der Waals surface area contributed by atoms with Crippen molar-refractivity contribution in [2.24, 2.45) is 5.92 Å². The standard InChI is InChI=1S/C23H24N4O2S/c24-13-17(11-15-9-10-30-14-15)25-22(28)18-6-2-4-8-20(18)27-23(29)21-12-16-5-1-3-7-19(16)26-21/h1,3,5,7,9-10,12,14,17-18,20,26H,2,4,6,8,11H2,(H,25,28)(H,27,29). The Labute approximate surface area is 179 Å². The number of para-hydroxylation sites is 1. The highest BCUT2D eigenvalue weighted by molar-refractivity contribution is 7.07. The van der Waals surface area contributed by atoms with E-state index in [9.17, 15) is 14.9 Å². The van der Waals surface area contributed by atoms with E-state index in [0.29, 0.717) is 18.5 Å². The normalized spacial score (nSPS) is 19.7. The van der Waals surface area contributed by atoms with Gasteiger partial charge in [0.2, 0.25) is 5.91 Å². The zero-order chi connectivity index (χ0) is 20.9. The fraction of sp³-hybridized carbons (Fsp3) is 0.348. The smallest absolute Gasteiger partial charge is 0.267 e. The lowest BCUT2D eigenvalue weighted by Gasteiger charge is -2.31. The van der Waals surface area contributed by atoms with Crippen LogP contribution in [0.4, 0.5) is 0 Å². The van der Waals surface area contributed by atoms with E-state index < -0.39 is 6.04 Å². The summed E-state index contributed by atoms with van der Waals surface area (Å²) < 4.78 is 0. The van der Waals surface area contributed by atoms with Gasteiger partial charge in [0.25, 0.3) is 5.91 Å². The van der Waals surface area contributed by atoms with Crippen LogP contribution in [0.25, 0.3) is 10.9 Å². The number of carbonyl (C=O) groups excluding carboxylic acids is 2. The average Bonchev–Trinajstić information content (AvgIpc) is 3.43. The molecule has 2 amide bonds. The Hall–Kier alpha value is -3.11. The van der Waals surface area contributed by atoms with Gasteiger partial charge in [0.1, 0.15) is 11.7 Å². The molecule has 2 heterocycles. The number of nitrogens with zero attached hydrogens (tertiary/aromatic N) is 1. The lowest BCUT2D eigenvalue weighted by molar-refractivity contribution is -0.127. The highest BCUT2D eigenvalue weighted by Gasteiger charge is 2.33. The maximum Gasteiger partial charge on any atom is 0.267 e. The molecule has 0 aliphatic heterocycles. The summed E-state index contributed by atoms with van der Waals surface area (Å²) in [6.07, 6.45) is 3.87. The largest absolute Gasteiger partial charge is 0.351 e. The van der Waals surface area contributed by atoms with E-state index in [2.05, 4.69) is 21.7 Å². The molecule has 6 nitrogen and oxygen atoms in total. The molecule has 1 aromatic carbocycles. The summed E-state index contributed by atoms with van der Waals surface area (Å²) in [6, 6.07) is 12.9. The van der Waals surface area contributed by atoms with Crippen molar-refractivity contribution < 1.29 is 9.59 Å². The molecule has 1 aliphatic carbocycles. The van der Waals surface area contributed by atoms with Crippen molar-refractivity contribution >= 4 is 34.1 Å². The Morgan fingerprint density at radius 2 is 2.07 bits per heavy atom. The van der Waals surface area contributed by atoms with Gasteiger partial charge in [-0.2, -0.15) is 16.6 Å². The van der Waals surface area contributed by atoms with Crippen molar-refractivity contribution in [1.29, 1.82) is 5.26 Å². The van der Waals surface area contributed by atoms with Crippen LogP contribution in [0.1, 0.15) is 41.7 Å². The molecule has 0 spiro atoms. The van der Waals surface area contributed by atoms with Gasteiger partial charge < -0.3 is 15.6 Å². The van der Waals surface area contributed by atoms with Crippen LogP contribution in [-0.2, 0) is 11.2 Å². The second kappa shape index (κ2) is 9.14. The monoisotopic (exact) mass is 420 g/mol. The number of hydrogen-bond donors (Lipinski definition) is 3. The van der Waals surface area contributed by atoms with Crippen LogP contribution in [-0.4, -0.2) is 28.9 Å². The number of carbonyl (C=O) groups is 2. The molecule has 3 N–H and O–H groups in total. The second-order valence-corrected chi connectivity index (χ2v) is 8.55. The zero-order valence-corrected chi connectivity index (χ0v) is 17.4. The van der Waals surface area contributed by atoms with Crippen molar-refractivity contribution in [1.82, 2.24) is 15.6 Å². The minimum atomic E-state index is -0.570. The van der Waals surface area contributed by atoms with Gasteiger partial charge in [-0.3, -0.25) is 9.59 Å². The van der Waals surface area contributed by atoms with E-state index in [1.165, 1.54) is 0 Å². The number of rotatable bonds is 6. The SMILES string of the molecule is N#CC(Cc1ccsc1)NC(=O)C1CCCCC1NC(=O)c1cc2ccccc2[nH]1. The first-order chi connectivity index (χ1) is 14.6. The molecule has 3 atom stereocenters. The van der Waals surface area contributed by atoms with Crippen LogP contribution in [0.2, 0.25) is 0 Å². The molecule has 0 radical (unpaired) electrons. The molecule has 0 saturated heterocycles. The van der Waals surface area contributed by atoms with Crippen LogP contribution < -0.4 is 10.6 Å². The molecule has 1 fully saturated rings. The topological polar surface area (TPSA) is 97.8 Å². The van der Waals surface area contributed by atoms with Crippen molar-refractivity contribution in [3.05, 3.63) is 58.4 Å². The number of amides is 2. The summed E-state index contributed by atoms with van der Waals surface area (Å²) in [5, 5.41) is 20.3. The number of fused-ring (bicyclic) bond motifs is 1. The van der Waals surface area contributed by atoms with E-state index in [1.807, 2.05) is 47.2 Å². The number of nitrogens with one attached hydrogen (secondary N) is 3. The van der Waals surface area contributed by atoms with Crippen molar-refractivity contribution in [3.63, 3.8) is 0 Å². The van der Waals surface area contributed by atoms with Gasteiger partial charge in [-0.25, -0.2) is 0 Å². The number of H-pyrrole nitrogens is 1. The minimum Gasteiger partial charge on any atom is -0.351 e. The molecule has 3 unspecified atom stereocenters. The maximum absolute atomic E-state index is 12.9. The Kier molecular flexibility index (Phi) is 6.15. The van der Waals surface area contributed by atoms with Crippen LogP contribution in [0, 0.1) is 17.2 Å². The third-order valence-corrected chi connectivity index (χ3v) is 6.42. The van der Waals surface area contributed by atoms with Crippen LogP contribution in [0.3, 0.4) is 0 Å². The number of nitriles is 1. The highest BCUT2D eigenvalue weighted by Crippen LogP contribution is 2.26. The van der Waals surface area contributed by atoms with Gasteiger partial charge in [0.15, 0.2) is 0 Å². The van der Waals surface area contributed by atoms with Crippen molar-refractivity contribution in [3.8, 4) is 6.07 Å². The van der Waals surface area contributed by atoms with Crippen molar-refractivity contribution in [2.75, 3.05) is 0 Å². The molecule has 1 aliphatic rings. The lowest BCUT2D eigenvalue weighted by Crippen LogP contribution is -2.50. The Morgan fingerprint density at radius 1 is 1.23 bits per heavy atom. The van der Waals surface area contributed by atoms with Gasteiger partial charge in [-0.1, -0.05) is 31.0 Å². The number of benzene rings is 1. The first-order valence-corrected chi connectivity index (χ1v) is 11.2. The summed E-state index contributed by atoms with van der Waals surface area (Å²) in [5.74, 6) is -0.685. The molecule has 1 saturated carbocycles. The first-order valence-electron chi connectivity index (χ1n) is 10.2. The van der Waals surface area contributed by atoms with Crippen LogP contribution in [0.5, 0.6) is 0 Å². The molecule has 2 aromatic heterocycles. The molecule has 7 heteroatoms. The lowest BCUT2D eigenvalue weighted by atomic mass is 9.83.